The van der Waals surface area contributed by atoms with Gasteiger partial charge >= 0.3 is 0 Å². The minimum Gasteiger partial charge on any atom is -0.493 e. The molecule has 6 nitrogen and oxygen atoms in total. The maximum atomic E-state index is 12.0. The lowest BCUT2D eigenvalue weighted by atomic mass is 10.3. The van der Waals surface area contributed by atoms with Crippen LogP contribution in [-0.2, 0) is 9.53 Å². The van der Waals surface area contributed by atoms with Crippen molar-refractivity contribution in [2.75, 3.05) is 45.8 Å². The molecule has 20 heavy (non-hydrogen) atoms. The van der Waals surface area contributed by atoms with Gasteiger partial charge in [-0.05, 0) is 12.1 Å². The van der Waals surface area contributed by atoms with Crippen molar-refractivity contribution in [3.63, 3.8) is 0 Å². The van der Waals surface area contributed by atoms with E-state index in [9.17, 15) is 4.79 Å². The lowest BCUT2D eigenvalue weighted by molar-refractivity contribution is -0.132. The smallest absolute Gasteiger partial charge is 0.226 e. The summed E-state index contributed by atoms with van der Waals surface area (Å²) in [7, 11) is 1.57. The summed E-state index contributed by atoms with van der Waals surface area (Å²) < 4.78 is 10.4. The maximum absolute atomic E-state index is 12.0. The molecular formula is C14H22N2O4. The first kappa shape index (κ1) is 16.3. The number of nitrogens with two attached hydrogens (primary N) is 1. The monoisotopic (exact) mass is 282 g/mol. The molecule has 0 saturated carbocycles. The molecule has 112 valence electrons. The molecule has 0 aromatic heterocycles. The average Bonchev–Trinajstić information content (AvgIpc) is 2.43. The summed E-state index contributed by atoms with van der Waals surface area (Å²) in [4.78, 5) is 13.5. The SMILES string of the molecule is COCCN(CCO)C(=O)CCOc1cccc(N)c1. The number of aliphatic hydroxyl groups excluding tert-OH is 1. The van der Waals surface area contributed by atoms with Crippen molar-refractivity contribution < 1.29 is 19.4 Å². The third kappa shape index (κ3) is 5.90. The first-order valence-electron chi connectivity index (χ1n) is 6.53. The fraction of sp³-hybridized carbons (Fsp3) is 0.500. The minimum absolute atomic E-state index is 0.0640. The zero-order chi connectivity index (χ0) is 14.8. The number of anilines is 1. The van der Waals surface area contributed by atoms with Crippen molar-refractivity contribution in [2.45, 2.75) is 6.42 Å². The van der Waals surface area contributed by atoms with Gasteiger partial charge in [-0.3, -0.25) is 4.79 Å². The molecule has 1 aromatic carbocycles. The maximum Gasteiger partial charge on any atom is 0.226 e. The summed E-state index contributed by atoms with van der Waals surface area (Å²) in [5.41, 5.74) is 6.26. The van der Waals surface area contributed by atoms with Crippen molar-refractivity contribution in [3.8, 4) is 5.75 Å². The van der Waals surface area contributed by atoms with E-state index in [1.807, 2.05) is 0 Å². The van der Waals surface area contributed by atoms with Gasteiger partial charge in [-0.1, -0.05) is 6.07 Å². The van der Waals surface area contributed by atoms with E-state index in [1.165, 1.54) is 0 Å². The number of carbonyl (C=O) groups is 1. The highest BCUT2D eigenvalue weighted by Crippen LogP contribution is 2.14. The van der Waals surface area contributed by atoms with Crippen LogP contribution >= 0.6 is 0 Å². The molecule has 0 aliphatic heterocycles. The van der Waals surface area contributed by atoms with E-state index in [-0.39, 0.29) is 25.5 Å². The number of nitrogens with zero attached hydrogens (tertiary/aromatic N) is 1. The van der Waals surface area contributed by atoms with E-state index < -0.39 is 0 Å². The Bertz CT molecular complexity index is 412. The normalized spacial score (nSPS) is 10.3. The molecule has 0 aliphatic carbocycles. The van der Waals surface area contributed by atoms with E-state index in [0.717, 1.165) is 0 Å². The van der Waals surface area contributed by atoms with Crippen molar-refractivity contribution in [2.24, 2.45) is 0 Å². The molecule has 0 saturated heterocycles. The van der Waals surface area contributed by atoms with E-state index in [4.69, 9.17) is 20.3 Å². The Morgan fingerprint density at radius 3 is 2.80 bits per heavy atom. The topological polar surface area (TPSA) is 85.0 Å². The van der Waals surface area contributed by atoms with E-state index in [2.05, 4.69) is 0 Å². The van der Waals surface area contributed by atoms with Crippen LogP contribution in [0, 0.1) is 0 Å². The molecule has 0 unspecified atom stereocenters. The van der Waals surface area contributed by atoms with Crippen LogP contribution in [0.2, 0.25) is 0 Å². The number of aliphatic hydroxyl groups is 1. The number of ether oxygens (including phenoxy) is 2. The molecule has 0 bridgehead atoms. The largest absolute Gasteiger partial charge is 0.493 e. The number of benzene rings is 1. The third-order valence-corrected chi connectivity index (χ3v) is 2.73. The first-order chi connectivity index (χ1) is 9.67. The Kier molecular flexibility index (Phi) is 7.46. The number of carbonyl (C=O) groups excluding carboxylic acids is 1. The van der Waals surface area contributed by atoms with Gasteiger partial charge in [0.25, 0.3) is 0 Å². The predicted octanol–water partition coefficient (Wildman–Crippen LogP) is 0.505. The Morgan fingerprint density at radius 2 is 2.15 bits per heavy atom. The van der Waals surface area contributed by atoms with Crippen LogP contribution in [0.15, 0.2) is 24.3 Å². The molecule has 1 amide bonds. The van der Waals surface area contributed by atoms with Gasteiger partial charge in [0.2, 0.25) is 5.91 Å². The second-order valence-electron chi connectivity index (χ2n) is 4.27. The van der Waals surface area contributed by atoms with Crippen LogP contribution in [0.5, 0.6) is 5.75 Å². The Labute approximate surface area is 119 Å². The predicted molar refractivity (Wildman–Crippen MR) is 76.5 cm³/mol. The van der Waals surface area contributed by atoms with Crippen molar-refractivity contribution in [1.82, 2.24) is 4.90 Å². The van der Waals surface area contributed by atoms with Crippen LogP contribution in [0.25, 0.3) is 0 Å². The minimum atomic E-state index is -0.0694. The summed E-state index contributed by atoms with van der Waals surface area (Å²) in [6.07, 6.45) is 0.249. The summed E-state index contributed by atoms with van der Waals surface area (Å²) in [5.74, 6) is 0.573. The fourth-order valence-electron chi connectivity index (χ4n) is 1.70. The number of hydrogen-bond acceptors (Lipinski definition) is 5. The highest BCUT2D eigenvalue weighted by Gasteiger charge is 2.12. The molecule has 3 N–H and O–H groups in total. The number of rotatable bonds is 9. The molecule has 1 aromatic rings. The van der Waals surface area contributed by atoms with Gasteiger partial charge in [0.1, 0.15) is 5.75 Å². The quantitative estimate of drug-likeness (QED) is 0.644. The molecule has 1 rings (SSSR count). The lowest BCUT2D eigenvalue weighted by Gasteiger charge is -2.21. The van der Waals surface area contributed by atoms with Crippen LogP contribution in [0.3, 0.4) is 0 Å². The van der Waals surface area contributed by atoms with Crippen LogP contribution < -0.4 is 10.5 Å². The van der Waals surface area contributed by atoms with Gasteiger partial charge in [-0.2, -0.15) is 0 Å². The highest BCUT2D eigenvalue weighted by atomic mass is 16.5. The fourth-order valence-corrected chi connectivity index (χ4v) is 1.70. The van der Waals surface area contributed by atoms with Gasteiger partial charge in [0.05, 0.1) is 26.2 Å². The third-order valence-electron chi connectivity index (χ3n) is 2.73. The van der Waals surface area contributed by atoms with E-state index in [1.54, 1.807) is 36.3 Å². The van der Waals surface area contributed by atoms with Crippen molar-refractivity contribution >= 4 is 11.6 Å². The highest BCUT2D eigenvalue weighted by molar-refractivity contribution is 5.76. The number of amides is 1. The van der Waals surface area contributed by atoms with E-state index in [0.29, 0.717) is 31.1 Å². The average molecular weight is 282 g/mol. The molecule has 0 heterocycles. The second-order valence-corrected chi connectivity index (χ2v) is 4.27. The van der Waals surface area contributed by atoms with Crippen LogP contribution in [0.4, 0.5) is 5.69 Å². The van der Waals surface area contributed by atoms with Crippen LogP contribution in [0.1, 0.15) is 6.42 Å². The Hall–Kier alpha value is -1.79. The molecule has 0 spiro atoms. The first-order valence-corrected chi connectivity index (χ1v) is 6.53. The number of nitrogen functional groups attached to an aromatic ring is 1. The van der Waals surface area contributed by atoms with Gasteiger partial charge in [0.15, 0.2) is 0 Å². The van der Waals surface area contributed by atoms with Gasteiger partial charge in [0, 0.05) is 32.0 Å². The van der Waals surface area contributed by atoms with E-state index >= 15 is 0 Å². The molecule has 0 fully saturated rings. The standard InChI is InChI=1S/C14H22N2O4/c1-19-10-7-16(6-8-17)14(18)5-9-20-13-4-2-3-12(15)11-13/h2-4,11,17H,5-10,15H2,1H3. The molecule has 6 heteroatoms. The van der Waals surface area contributed by atoms with Gasteiger partial charge in [-0.15, -0.1) is 0 Å². The molecule has 0 aliphatic rings. The Balaban J connectivity index is 2.36. The second kappa shape index (κ2) is 9.17. The summed E-state index contributed by atoms with van der Waals surface area (Å²) in [6, 6.07) is 7.06. The van der Waals surface area contributed by atoms with Crippen LogP contribution in [-0.4, -0.2) is 55.9 Å². The van der Waals surface area contributed by atoms with Crippen molar-refractivity contribution in [1.29, 1.82) is 0 Å². The zero-order valence-corrected chi connectivity index (χ0v) is 11.7. The number of methoxy groups -OCH3 is 1. The van der Waals surface area contributed by atoms with Gasteiger partial charge in [-0.25, -0.2) is 0 Å². The zero-order valence-electron chi connectivity index (χ0n) is 11.7. The lowest BCUT2D eigenvalue weighted by Crippen LogP contribution is -2.36. The molecular weight excluding hydrogens is 260 g/mol. The summed E-state index contributed by atoms with van der Waals surface area (Å²) in [5, 5.41) is 8.94. The summed E-state index contributed by atoms with van der Waals surface area (Å²) >= 11 is 0. The Morgan fingerprint density at radius 1 is 1.35 bits per heavy atom. The summed E-state index contributed by atoms with van der Waals surface area (Å²) in [6.45, 7) is 1.43. The number of hydrogen-bond donors (Lipinski definition) is 2. The van der Waals surface area contributed by atoms with Gasteiger partial charge < -0.3 is 25.2 Å². The molecule has 0 atom stereocenters. The van der Waals surface area contributed by atoms with Crippen molar-refractivity contribution in [3.05, 3.63) is 24.3 Å². The molecule has 0 radical (unpaired) electrons.